The largest absolute Gasteiger partial charge is 0.384 e. The summed E-state index contributed by atoms with van der Waals surface area (Å²) in [5.41, 5.74) is 1.61. The van der Waals surface area contributed by atoms with Crippen LogP contribution in [0.25, 0.3) is 0 Å². The fraction of sp³-hybridized carbons (Fsp3) is 0.500. The fourth-order valence-corrected chi connectivity index (χ4v) is 2.07. The van der Waals surface area contributed by atoms with E-state index >= 15 is 0 Å². The molecule has 0 saturated carbocycles. The van der Waals surface area contributed by atoms with Gasteiger partial charge in [-0.2, -0.15) is 0 Å². The van der Waals surface area contributed by atoms with Crippen molar-refractivity contribution >= 4 is 0 Å². The molecule has 1 aliphatic heterocycles. The molecule has 0 unspecified atom stereocenters. The van der Waals surface area contributed by atoms with Crippen LogP contribution in [0, 0.1) is 6.92 Å². The van der Waals surface area contributed by atoms with E-state index < -0.39 is 5.60 Å². The average Bonchev–Trinajstić information content (AvgIpc) is 2.19. The van der Waals surface area contributed by atoms with Gasteiger partial charge in [0.15, 0.2) is 0 Å². The zero-order valence-corrected chi connectivity index (χ0v) is 8.59. The summed E-state index contributed by atoms with van der Waals surface area (Å²) in [5, 5.41) is 13.6. The minimum atomic E-state index is -0.649. The molecule has 0 radical (unpaired) electrons. The lowest BCUT2D eigenvalue weighted by Gasteiger charge is -2.33. The van der Waals surface area contributed by atoms with E-state index in [0.717, 1.165) is 24.9 Å². The van der Waals surface area contributed by atoms with Crippen LogP contribution in [0.3, 0.4) is 0 Å². The van der Waals surface area contributed by atoms with Crippen molar-refractivity contribution in [1.29, 1.82) is 0 Å². The third-order valence-corrected chi connectivity index (χ3v) is 2.92. The molecular formula is C12H17NO. The molecule has 0 bridgehead atoms. The quantitative estimate of drug-likeness (QED) is 0.706. The number of piperidine rings is 1. The van der Waals surface area contributed by atoms with Gasteiger partial charge in [0, 0.05) is 6.54 Å². The van der Waals surface area contributed by atoms with Crippen molar-refractivity contribution in [3.05, 3.63) is 35.4 Å². The second-order valence-electron chi connectivity index (χ2n) is 4.18. The molecular weight excluding hydrogens is 174 g/mol. The Bertz CT molecular complexity index is 316. The van der Waals surface area contributed by atoms with Crippen LogP contribution in [0.4, 0.5) is 0 Å². The summed E-state index contributed by atoms with van der Waals surface area (Å²) in [6, 6.07) is 8.16. The molecule has 0 amide bonds. The van der Waals surface area contributed by atoms with Crippen molar-refractivity contribution in [2.75, 3.05) is 13.1 Å². The second kappa shape index (κ2) is 3.71. The van der Waals surface area contributed by atoms with Gasteiger partial charge in [0.25, 0.3) is 0 Å². The Balaban J connectivity index is 2.28. The fourth-order valence-electron chi connectivity index (χ4n) is 2.07. The second-order valence-corrected chi connectivity index (χ2v) is 4.18. The van der Waals surface area contributed by atoms with Gasteiger partial charge in [-0.3, -0.25) is 0 Å². The smallest absolute Gasteiger partial charge is 0.102 e. The van der Waals surface area contributed by atoms with E-state index in [1.54, 1.807) is 0 Å². The molecule has 14 heavy (non-hydrogen) atoms. The molecule has 2 nitrogen and oxygen atoms in total. The molecule has 2 heteroatoms. The van der Waals surface area contributed by atoms with Crippen LogP contribution in [0.1, 0.15) is 24.0 Å². The molecule has 1 aromatic carbocycles. The van der Waals surface area contributed by atoms with Gasteiger partial charge in [-0.1, -0.05) is 29.8 Å². The Hall–Kier alpha value is -0.860. The van der Waals surface area contributed by atoms with Gasteiger partial charge in [-0.25, -0.2) is 0 Å². The van der Waals surface area contributed by atoms with Crippen molar-refractivity contribution in [1.82, 2.24) is 5.32 Å². The maximum Gasteiger partial charge on any atom is 0.102 e. The Kier molecular flexibility index (Phi) is 2.57. The predicted octanol–water partition coefficient (Wildman–Crippen LogP) is 1.57. The van der Waals surface area contributed by atoms with E-state index in [1.165, 1.54) is 5.56 Å². The molecule has 0 spiro atoms. The molecule has 2 rings (SSSR count). The maximum absolute atomic E-state index is 10.4. The predicted molar refractivity (Wildman–Crippen MR) is 57.2 cm³/mol. The Morgan fingerprint density at radius 2 is 2.29 bits per heavy atom. The van der Waals surface area contributed by atoms with Gasteiger partial charge in [-0.05, 0) is 31.9 Å². The zero-order chi connectivity index (χ0) is 10.0. The molecule has 2 N–H and O–H groups in total. The number of hydrogen-bond donors (Lipinski definition) is 2. The molecule has 1 aromatic rings. The summed E-state index contributed by atoms with van der Waals surface area (Å²) in [7, 11) is 0. The first-order valence-electron chi connectivity index (χ1n) is 5.21. The monoisotopic (exact) mass is 191 g/mol. The van der Waals surface area contributed by atoms with Crippen LogP contribution in [-0.4, -0.2) is 18.2 Å². The summed E-state index contributed by atoms with van der Waals surface area (Å²) in [4.78, 5) is 0. The van der Waals surface area contributed by atoms with Gasteiger partial charge in [0.05, 0.1) is 0 Å². The number of aliphatic hydroxyl groups is 1. The topological polar surface area (TPSA) is 32.3 Å². The van der Waals surface area contributed by atoms with Gasteiger partial charge in [0.1, 0.15) is 5.60 Å². The molecule has 0 aromatic heterocycles. The molecule has 1 heterocycles. The van der Waals surface area contributed by atoms with E-state index in [2.05, 4.69) is 24.4 Å². The highest BCUT2D eigenvalue weighted by atomic mass is 16.3. The van der Waals surface area contributed by atoms with Crippen LogP contribution in [-0.2, 0) is 5.60 Å². The summed E-state index contributed by atoms with van der Waals surface area (Å²) in [5.74, 6) is 0. The average molecular weight is 191 g/mol. The number of hydrogen-bond acceptors (Lipinski definition) is 2. The van der Waals surface area contributed by atoms with E-state index in [4.69, 9.17) is 0 Å². The highest BCUT2D eigenvalue weighted by Crippen LogP contribution is 2.28. The van der Waals surface area contributed by atoms with Crippen LogP contribution in [0.2, 0.25) is 0 Å². The zero-order valence-electron chi connectivity index (χ0n) is 8.59. The third kappa shape index (κ3) is 1.81. The van der Waals surface area contributed by atoms with Crippen LogP contribution in [0.15, 0.2) is 24.3 Å². The number of β-amino-alcohol motifs (C(OH)–C–C–N with tert-alkyl or cyclic N) is 1. The normalized spacial score (nSPS) is 27.6. The number of rotatable bonds is 1. The van der Waals surface area contributed by atoms with E-state index in [-0.39, 0.29) is 0 Å². The summed E-state index contributed by atoms with van der Waals surface area (Å²) < 4.78 is 0. The van der Waals surface area contributed by atoms with E-state index in [1.807, 2.05) is 12.1 Å². The van der Waals surface area contributed by atoms with Crippen LogP contribution in [0.5, 0.6) is 0 Å². The molecule has 1 saturated heterocycles. The summed E-state index contributed by atoms with van der Waals surface area (Å²) in [6.45, 7) is 3.76. The van der Waals surface area contributed by atoms with E-state index in [9.17, 15) is 5.11 Å². The van der Waals surface area contributed by atoms with Crippen molar-refractivity contribution in [2.45, 2.75) is 25.4 Å². The minimum Gasteiger partial charge on any atom is -0.384 e. The van der Waals surface area contributed by atoms with Gasteiger partial charge < -0.3 is 10.4 Å². The molecule has 76 valence electrons. The minimum absolute atomic E-state index is 0.649. The van der Waals surface area contributed by atoms with Crippen molar-refractivity contribution in [3.63, 3.8) is 0 Å². The Morgan fingerprint density at radius 3 is 2.93 bits per heavy atom. The maximum atomic E-state index is 10.4. The number of nitrogens with one attached hydrogen (secondary N) is 1. The molecule has 1 atom stereocenters. The first kappa shape index (κ1) is 9.69. The number of aryl methyl sites for hydroxylation is 1. The van der Waals surface area contributed by atoms with Gasteiger partial charge >= 0.3 is 0 Å². The lowest BCUT2D eigenvalue weighted by molar-refractivity contribution is 0.0122. The molecule has 0 aliphatic carbocycles. The standard InChI is InChI=1S/C12H17NO/c1-10-4-2-5-11(8-10)12(14)6-3-7-13-9-12/h2,4-5,8,13-14H,3,6-7,9H2,1H3/t12-/m1/s1. The summed E-state index contributed by atoms with van der Waals surface area (Å²) in [6.07, 6.45) is 1.91. The van der Waals surface area contributed by atoms with Gasteiger partial charge in [-0.15, -0.1) is 0 Å². The van der Waals surface area contributed by atoms with Crippen molar-refractivity contribution < 1.29 is 5.11 Å². The molecule has 1 aliphatic rings. The molecule has 1 fully saturated rings. The third-order valence-electron chi connectivity index (χ3n) is 2.92. The Labute approximate surface area is 85.0 Å². The first-order valence-corrected chi connectivity index (χ1v) is 5.21. The van der Waals surface area contributed by atoms with Crippen molar-refractivity contribution in [2.24, 2.45) is 0 Å². The lowest BCUT2D eigenvalue weighted by atomic mass is 9.86. The highest BCUT2D eigenvalue weighted by Gasteiger charge is 2.30. The van der Waals surface area contributed by atoms with Gasteiger partial charge in [0.2, 0.25) is 0 Å². The van der Waals surface area contributed by atoms with E-state index in [0.29, 0.717) is 6.54 Å². The summed E-state index contributed by atoms with van der Waals surface area (Å²) >= 11 is 0. The van der Waals surface area contributed by atoms with Crippen molar-refractivity contribution in [3.8, 4) is 0 Å². The Morgan fingerprint density at radius 1 is 1.43 bits per heavy atom. The number of benzene rings is 1. The van der Waals surface area contributed by atoms with Crippen LogP contribution < -0.4 is 5.32 Å². The lowest BCUT2D eigenvalue weighted by Crippen LogP contribution is -2.43. The van der Waals surface area contributed by atoms with Crippen LogP contribution >= 0.6 is 0 Å². The highest BCUT2D eigenvalue weighted by molar-refractivity contribution is 5.28. The first-order chi connectivity index (χ1) is 6.71. The SMILES string of the molecule is Cc1cccc([C@@]2(O)CCCNC2)c1.